The fourth-order valence-electron chi connectivity index (χ4n) is 4.00. The maximum absolute atomic E-state index is 13.0. The van der Waals surface area contributed by atoms with Gasteiger partial charge in [0, 0.05) is 44.3 Å². The smallest absolute Gasteiger partial charge is 0.293 e. The molecule has 3 rings (SSSR count). The molecule has 0 amide bonds. The summed E-state index contributed by atoms with van der Waals surface area (Å²) < 4.78 is 32.9. The molecule has 168 valence electrons. The lowest BCUT2D eigenvalue weighted by Crippen LogP contribution is -2.53. The number of anilines is 1. The molecule has 30 heavy (non-hydrogen) atoms. The highest BCUT2D eigenvalue weighted by molar-refractivity contribution is 7.89. The number of nitro groups is 1. The van der Waals surface area contributed by atoms with Crippen molar-refractivity contribution >= 4 is 21.4 Å². The third-order valence-electron chi connectivity index (χ3n) is 5.95. The van der Waals surface area contributed by atoms with Crippen molar-refractivity contribution in [1.29, 1.82) is 0 Å². The Labute approximate surface area is 178 Å². The van der Waals surface area contributed by atoms with Crippen LogP contribution in [0.15, 0.2) is 23.1 Å². The van der Waals surface area contributed by atoms with Crippen molar-refractivity contribution in [1.82, 2.24) is 9.21 Å². The zero-order chi connectivity index (χ0) is 21.8. The van der Waals surface area contributed by atoms with E-state index < -0.39 is 14.9 Å². The minimum absolute atomic E-state index is 0.0194. The summed E-state index contributed by atoms with van der Waals surface area (Å²) in [5, 5.41) is 14.9. The number of morpholine rings is 1. The number of ether oxygens (including phenoxy) is 1. The van der Waals surface area contributed by atoms with Crippen molar-refractivity contribution < 1.29 is 18.1 Å². The molecule has 0 spiro atoms. The molecule has 0 atom stereocenters. The van der Waals surface area contributed by atoms with E-state index in [2.05, 4.69) is 24.1 Å². The first-order chi connectivity index (χ1) is 14.2. The summed E-state index contributed by atoms with van der Waals surface area (Å²) in [6.07, 6.45) is 3.65. The monoisotopic (exact) mass is 440 g/mol. The van der Waals surface area contributed by atoms with Crippen LogP contribution in [0.3, 0.4) is 0 Å². The molecule has 1 N–H and O–H groups in total. The summed E-state index contributed by atoms with van der Waals surface area (Å²) in [6.45, 7) is 8.54. The Morgan fingerprint density at radius 1 is 1.10 bits per heavy atom. The third kappa shape index (κ3) is 5.29. The van der Waals surface area contributed by atoms with Gasteiger partial charge in [-0.1, -0.05) is 12.8 Å². The highest BCUT2D eigenvalue weighted by Gasteiger charge is 2.31. The summed E-state index contributed by atoms with van der Waals surface area (Å²) in [7, 11) is -3.74. The van der Waals surface area contributed by atoms with E-state index in [4.69, 9.17) is 4.74 Å². The van der Waals surface area contributed by atoms with Gasteiger partial charge in [0.2, 0.25) is 10.0 Å². The minimum Gasteiger partial charge on any atom is -0.379 e. The maximum atomic E-state index is 13.0. The Balaban J connectivity index is 1.79. The lowest BCUT2D eigenvalue weighted by molar-refractivity contribution is -0.384. The van der Waals surface area contributed by atoms with Crippen LogP contribution in [-0.2, 0) is 14.8 Å². The Morgan fingerprint density at radius 3 is 2.33 bits per heavy atom. The number of rotatable bonds is 7. The number of benzene rings is 1. The fraction of sp³-hybridized carbons (Fsp3) is 0.700. The number of nitro benzene ring substituents is 1. The van der Waals surface area contributed by atoms with Crippen molar-refractivity contribution in [3.63, 3.8) is 0 Å². The molecule has 2 aliphatic heterocycles. The van der Waals surface area contributed by atoms with Crippen LogP contribution < -0.4 is 5.32 Å². The van der Waals surface area contributed by atoms with Gasteiger partial charge in [0.25, 0.3) is 5.69 Å². The van der Waals surface area contributed by atoms with Crippen LogP contribution in [0.4, 0.5) is 11.4 Å². The first-order valence-electron chi connectivity index (χ1n) is 10.6. The largest absolute Gasteiger partial charge is 0.379 e. The number of hydrogen-bond acceptors (Lipinski definition) is 7. The fourth-order valence-corrected chi connectivity index (χ4v) is 5.53. The molecular weight excluding hydrogens is 408 g/mol. The Morgan fingerprint density at radius 2 is 1.73 bits per heavy atom. The van der Waals surface area contributed by atoms with Crippen LogP contribution >= 0.6 is 0 Å². The lowest BCUT2D eigenvalue weighted by atomic mass is 10.0. The van der Waals surface area contributed by atoms with Crippen LogP contribution in [0.5, 0.6) is 0 Å². The predicted molar refractivity (Wildman–Crippen MR) is 115 cm³/mol. The SMILES string of the molecule is CC(C)(CNc1ccc(S(=O)(=O)N2CCCCCC2)cc1[N+](=O)[O-])N1CCOCC1. The first-order valence-corrected chi connectivity index (χ1v) is 12.0. The van der Waals surface area contributed by atoms with Crippen molar-refractivity contribution in [3.8, 4) is 0 Å². The molecule has 9 nitrogen and oxygen atoms in total. The van der Waals surface area contributed by atoms with Gasteiger partial charge in [-0.3, -0.25) is 15.0 Å². The standard InChI is InChI=1S/C20H32N4O5S/c1-20(2,22-11-13-29-14-12-22)16-21-18-8-7-17(15-19(18)24(25)26)30(27,28)23-9-5-3-4-6-10-23/h7-8,15,21H,3-6,9-14,16H2,1-2H3. The quantitative estimate of drug-likeness (QED) is 0.513. The van der Waals surface area contributed by atoms with Crippen LogP contribution in [0, 0.1) is 10.1 Å². The zero-order valence-corrected chi connectivity index (χ0v) is 18.6. The second-order valence-corrected chi connectivity index (χ2v) is 10.5. The first kappa shape index (κ1) is 22.9. The lowest BCUT2D eigenvalue weighted by Gasteiger charge is -2.41. The second-order valence-electron chi connectivity index (χ2n) is 8.52. The molecule has 10 heteroatoms. The Bertz CT molecular complexity index is 845. The summed E-state index contributed by atoms with van der Waals surface area (Å²) in [6, 6.07) is 4.17. The molecule has 0 radical (unpaired) electrons. The molecule has 2 saturated heterocycles. The van der Waals surface area contributed by atoms with Crippen LogP contribution in [-0.4, -0.2) is 74.0 Å². The van der Waals surface area contributed by atoms with E-state index >= 15 is 0 Å². The zero-order valence-electron chi connectivity index (χ0n) is 17.8. The number of hydrogen-bond donors (Lipinski definition) is 1. The van der Waals surface area contributed by atoms with Crippen LogP contribution in [0.2, 0.25) is 0 Å². The highest BCUT2D eigenvalue weighted by Crippen LogP contribution is 2.30. The molecule has 2 aliphatic rings. The molecule has 1 aromatic carbocycles. The molecule has 0 bridgehead atoms. The summed E-state index contributed by atoms with van der Waals surface area (Å²) in [4.78, 5) is 13.4. The normalized spacial score (nSPS) is 19.9. The van der Waals surface area contributed by atoms with E-state index in [0.29, 0.717) is 38.5 Å². The van der Waals surface area contributed by atoms with Gasteiger partial charge < -0.3 is 10.1 Å². The maximum Gasteiger partial charge on any atom is 0.293 e. The molecule has 0 aliphatic carbocycles. The third-order valence-corrected chi connectivity index (χ3v) is 7.84. The number of nitrogens with one attached hydrogen (secondary N) is 1. The van der Waals surface area contributed by atoms with E-state index in [9.17, 15) is 18.5 Å². The number of sulfonamides is 1. The van der Waals surface area contributed by atoms with E-state index in [1.54, 1.807) is 0 Å². The molecular formula is C20H32N4O5S. The molecule has 0 unspecified atom stereocenters. The summed E-state index contributed by atoms with van der Waals surface area (Å²) in [5.74, 6) is 0. The average molecular weight is 441 g/mol. The van der Waals surface area contributed by atoms with E-state index in [0.717, 1.165) is 38.8 Å². The van der Waals surface area contributed by atoms with Crippen molar-refractivity contribution in [2.75, 3.05) is 51.3 Å². The molecule has 0 saturated carbocycles. The van der Waals surface area contributed by atoms with Gasteiger partial charge in [-0.05, 0) is 38.8 Å². The van der Waals surface area contributed by atoms with E-state index in [-0.39, 0.29) is 16.1 Å². The molecule has 2 heterocycles. The van der Waals surface area contributed by atoms with Gasteiger partial charge in [-0.15, -0.1) is 0 Å². The Kier molecular flexibility index (Phi) is 7.33. The van der Waals surface area contributed by atoms with E-state index in [1.807, 2.05) is 0 Å². The minimum atomic E-state index is -3.74. The molecule has 1 aromatic rings. The predicted octanol–water partition coefficient (Wildman–Crippen LogP) is 2.68. The van der Waals surface area contributed by atoms with Crippen molar-refractivity contribution in [2.45, 2.75) is 50.0 Å². The van der Waals surface area contributed by atoms with Gasteiger partial charge in [-0.2, -0.15) is 4.31 Å². The van der Waals surface area contributed by atoms with Crippen molar-refractivity contribution in [2.24, 2.45) is 0 Å². The molecule has 2 fully saturated rings. The van der Waals surface area contributed by atoms with Gasteiger partial charge >= 0.3 is 0 Å². The van der Waals surface area contributed by atoms with Gasteiger partial charge in [0.05, 0.1) is 23.0 Å². The van der Waals surface area contributed by atoms with Crippen molar-refractivity contribution in [3.05, 3.63) is 28.3 Å². The Hall–Kier alpha value is -1.75. The summed E-state index contributed by atoms with van der Waals surface area (Å²) >= 11 is 0. The highest BCUT2D eigenvalue weighted by atomic mass is 32.2. The van der Waals surface area contributed by atoms with Gasteiger partial charge in [0.1, 0.15) is 5.69 Å². The molecule has 0 aromatic heterocycles. The topological polar surface area (TPSA) is 105 Å². The van der Waals surface area contributed by atoms with Gasteiger partial charge in [0.15, 0.2) is 0 Å². The summed E-state index contributed by atoms with van der Waals surface area (Å²) in [5.41, 5.74) is -0.117. The average Bonchev–Trinajstić information content (AvgIpc) is 3.03. The second kappa shape index (κ2) is 9.59. The van der Waals surface area contributed by atoms with Crippen LogP contribution in [0.1, 0.15) is 39.5 Å². The number of nitrogens with zero attached hydrogens (tertiary/aromatic N) is 3. The van der Waals surface area contributed by atoms with Crippen LogP contribution in [0.25, 0.3) is 0 Å². The van der Waals surface area contributed by atoms with Gasteiger partial charge in [-0.25, -0.2) is 8.42 Å². The van der Waals surface area contributed by atoms with E-state index in [1.165, 1.54) is 22.5 Å².